The number of imidazole rings is 1. The number of aromatic amines is 1. The third-order valence-electron chi connectivity index (χ3n) is 5.22. The smallest absolute Gasteiger partial charge is 0.320 e. The molecule has 30 heavy (non-hydrogen) atoms. The number of pyridine rings is 1. The van der Waals surface area contributed by atoms with Crippen LogP contribution in [0.5, 0.6) is 0 Å². The van der Waals surface area contributed by atoms with Crippen molar-refractivity contribution in [2.75, 3.05) is 11.6 Å². The van der Waals surface area contributed by atoms with Gasteiger partial charge in [-0.25, -0.2) is 19.2 Å². The van der Waals surface area contributed by atoms with Crippen LogP contribution < -0.4 is 10.6 Å². The van der Waals surface area contributed by atoms with E-state index in [0.29, 0.717) is 5.82 Å². The van der Waals surface area contributed by atoms with Crippen molar-refractivity contribution >= 4 is 23.6 Å². The number of carbonyl (C=O) groups excluding carboxylic acids is 1. The van der Waals surface area contributed by atoms with Gasteiger partial charge in [-0.3, -0.25) is 5.32 Å². The summed E-state index contributed by atoms with van der Waals surface area (Å²) in [5.41, 5.74) is 3.17. The molecule has 0 aliphatic heterocycles. The molecule has 0 saturated heterocycles. The van der Waals surface area contributed by atoms with E-state index in [1.807, 2.05) is 12.3 Å². The second kappa shape index (κ2) is 9.30. The topological polar surface area (TPSA) is 82.7 Å². The Labute approximate surface area is 179 Å². The Balaban J connectivity index is 1.56. The number of hydrogen-bond acceptors (Lipinski definition) is 4. The van der Waals surface area contributed by atoms with Crippen LogP contribution in [0.15, 0.2) is 47.8 Å². The number of amides is 2. The van der Waals surface area contributed by atoms with Gasteiger partial charge in [-0.2, -0.15) is 0 Å². The molecule has 0 bridgehead atoms. The third-order valence-corrected chi connectivity index (χ3v) is 5.80. The van der Waals surface area contributed by atoms with Gasteiger partial charge in [0, 0.05) is 23.4 Å². The number of hydrogen-bond donors (Lipinski definition) is 3. The number of anilines is 1. The molecule has 6 nitrogen and oxygen atoms in total. The van der Waals surface area contributed by atoms with Gasteiger partial charge in [-0.15, -0.1) is 0 Å². The quantitative estimate of drug-likeness (QED) is 0.475. The van der Waals surface area contributed by atoms with Gasteiger partial charge in [0.25, 0.3) is 0 Å². The molecule has 2 aromatic heterocycles. The molecule has 1 fully saturated rings. The Morgan fingerprint density at radius 2 is 1.90 bits per heavy atom. The summed E-state index contributed by atoms with van der Waals surface area (Å²) in [6, 6.07) is 9.91. The van der Waals surface area contributed by atoms with Gasteiger partial charge in [0.2, 0.25) is 0 Å². The van der Waals surface area contributed by atoms with E-state index in [-0.39, 0.29) is 17.9 Å². The van der Waals surface area contributed by atoms with Crippen molar-refractivity contribution in [2.24, 2.45) is 0 Å². The first-order chi connectivity index (χ1) is 14.6. The first-order valence-corrected chi connectivity index (χ1v) is 11.3. The number of rotatable bonds is 5. The SMILES string of the molecule is CSc1nc(-c2ccnc(NC(=O)NC3CCCCC3)c2)c(-c2ccc(F)cc2)[nH]1. The van der Waals surface area contributed by atoms with Gasteiger partial charge in [0.05, 0.1) is 11.4 Å². The Morgan fingerprint density at radius 3 is 2.63 bits per heavy atom. The highest BCUT2D eigenvalue weighted by molar-refractivity contribution is 7.98. The Morgan fingerprint density at radius 1 is 1.13 bits per heavy atom. The predicted octanol–water partition coefficient (Wildman–Crippen LogP) is 5.45. The zero-order valence-electron chi connectivity index (χ0n) is 16.7. The van der Waals surface area contributed by atoms with Crippen molar-refractivity contribution in [1.29, 1.82) is 0 Å². The number of thioether (sulfide) groups is 1. The summed E-state index contributed by atoms with van der Waals surface area (Å²) in [6.45, 7) is 0. The van der Waals surface area contributed by atoms with E-state index < -0.39 is 0 Å². The number of benzene rings is 1. The van der Waals surface area contributed by atoms with Crippen LogP contribution in [0, 0.1) is 5.82 Å². The monoisotopic (exact) mass is 425 g/mol. The van der Waals surface area contributed by atoms with E-state index in [1.165, 1.54) is 30.3 Å². The van der Waals surface area contributed by atoms with E-state index in [9.17, 15) is 9.18 Å². The maximum absolute atomic E-state index is 13.4. The highest BCUT2D eigenvalue weighted by atomic mass is 32.2. The molecule has 0 atom stereocenters. The van der Waals surface area contributed by atoms with Crippen LogP contribution in [-0.2, 0) is 0 Å². The summed E-state index contributed by atoms with van der Waals surface area (Å²) in [7, 11) is 0. The Hall–Kier alpha value is -2.87. The molecule has 2 heterocycles. The highest BCUT2D eigenvalue weighted by Crippen LogP contribution is 2.33. The van der Waals surface area contributed by atoms with Gasteiger partial charge in [0.15, 0.2) is 5.16 Å². The van der Waals surface area contributed by atoms with Crippen molar-refractivity contribution in [3.63, 3.8) is 0 Å². The summed E-state index contributed by atoms with van der Waals surface area (Å²) in [6.07, 6.45) is 9.17. The van der Waals surface area contributed by atoms with Gasteiger partial charge in [-0.1, -0.05) is 31.0 Å². The lowest BCUT2D eigenvalue weighted by molar-refractivity contribution is 0.244. The molecule has 1 aliphatic carbocycles. The Bertz CT molecular complexity index is 1010. The van der Waals surface area contributed by atoms with E-state index in [2.05, 4.69) is 25.6 Å². The molecule has 8 heteroatoms. The molecule has 1 aromatic carbocycles. The number of H-pyrrole nitrogens is 1. The molecule has 156 valence electrons. The number of urea groups is 1. The summed E-state index contributed by atoms with van der Waals surface area (Å²) in [5.74, 6) is 0.170. The third kappa shape index (κ3) is 4.81. The van der Waals surface area contributed by atoms with E-state index in [1.54, 1.807) is 24.4 Å². The van der Waals surface area contributed by atoms with Crippen LogP contribution in [-0.4, -0.2) is 33.3 Å². The van der Waals surface area contributed by atoms with Gasteiger partial charge in [-0.05, 0) is 55.5 Å². The van der Waals surface area contributed by atoms with Crippen molar-refractivity contribution in [1.82, 2.24) is 20.3 Å². The molecule has 2 amide bonds. The molecule has 1 aliphatic rings. The lowest BCUT2D eigenvalue weighted by atomic mass is 9.96. The molecule has 0 unspecified atom stereocenters. The van der Waals surface area contributed by atoms with Crippen LogP contribution >= 0.6 is 11.8 Å². The first-order valence-electron chi connectivity index (χ1n) is 10.1. The fraction of sp³-hybridized carbons (Fsp3) is 0.318. The minimum absolute atomic E-state index is 0.225. The predicted molar refractivity (Wildman–Crippen MR) is 118 cm³/mol. The summed E-state index contributed by atoms with van der Waals surface area (Å²) < 4.78 is 13.4. The van der Waals surface area contributed by atoms with Crippen LogP contribution in [0.4, 0.5) is 15.0 Å². The molecule has 0 radical (unpaired) electrons. The maximum atomic E-state index is 13.4. The largest absolute Gasteiger partial charge is 0.335 e. The number of halogens is 1. The number of nitrogens with zero attached hydrogens (tertiary/aromatic N) is 2. The lowest BCUT2D eigenvalue weighted by Gasteiger charge is -2.22. The van der Waals surface area contributed by atoms with E-state index in [4.69, 9.17) is 0 Å². The van der Waals surface area contributed by atoms with Gasteiger partial charge >= 0.3 is 6.03 Å². The van der Waals surface area contributed by atoms with Crippen LogP contribution in [0.3, 0.4) is 0 Å². The van der Waals surface area contributed by atoms with Crippen LogP contribution in [0.2, 0.25) is 0 Å². The summed E-state index contributed by atoms with van der Waals surface area (Å²) in [4.78, 5) is 24.6. The molecular weight excluding hydrogens is 401 g/mol. The minimum Gasteiger partial charge on any atom is -0.335 e. The number of aromatic nitrogens is 3. The minimum atomic E-state index is -0.288. The van der Waals surface area contributed by atoms with E-state index in [0.717, 1.165) is 53.4 Å². The molecular formula is C22H24FN5OS. The van der Waals surface area contributed by atoms with E-state index >= 15 is 0 Å². The molecule has 4 rings (SSSR count). The number of carbonyl (C=O) groups is 1. The summed E-state index contributed by atoms with van der Waals surface area (Å²) in [5, 5.41) is 6.62. The fourth-order valence-corrected chi connectivity index (χ4v) is 4.10. The molecule has 3 N–H and O–H groups in total. The van der Waals surface area contributed by atoms with Gasteiger partial charge < -0.3 is 10.3 Å². The average molecular weight is 426 g/mol. The summed E-state index contributed by atoms with van der Waals surface area (Å²) >= 11 is 1.49. The maximum Gasteiger partial charge on any atom is 0.320 e. The van der Waals surface area contributed by atoms with Crippen molar-refractivity contribution in [2.45, 2.75) is 43.3 Å². The Kier molecular flexibility index (Phi) is 6.32. The fourth-order valence-electron chi connectivity index (χ4n) is 3.71. The molecule has 0 spiro atoms. The second-order valence-electron chi connectivity index (χ2n) is 7.34. The first kappa shape index (κ1) is 20.4. The van der Waals surface area contributed by atoms with Crippen molar-refractivity contribution in [3.05, 3.63) is 48.4 Å². The highest BCUT2D eigenvalue weighted by Gasteiger charge is 2.17. The van der Waals surface area contributed by atoms with Crippen molar-refractivity contribution in [3.8, 4) is 22.5 Å². The van der Waals surface area contributed by atoms with Gasteiger partial charge in [0.1, 0.15) is 11.6 Å². The standard InChI is InChI=1S/C22H24FN5OS/c1-30-22-27-19(14-7-9-16(23)10-8-14)20(28-22)15-11-12-24-18(13-15)26-21(29)25-17-5-3-2-4-6-17/h7-13,17H,2-6H2,1H3,(H,27,28)(H2,24,25,26,29). The van der Waals surface area contributed by atoms with Crippen LogP contribution in [0.1, 0.15) is 32.1 Å². The average Bonchev–Trinajstić information content (AvgIpc) is 3.20. The zero-order valence-corrected chi connectivity index (χ0v) is 17.6. The second-order valence-corrected chi connectivity index (χ2v) is 8.13. The van der Waals surface area contributed by atoms with Crippen molar-refractivity contribution < 1.29 is 9.18 Å². The molecule has 1 saturated carbocycles. The molecule has 3 aromatic rings. The zero-order chi connectivity index (χ0) is 20.9. The number of nitrogens with one attached hydrogen (secondary N) is 3. The lowest BCUT2D eigenvalue weighted by Crippen LogP contribution is -2.39. The normalized spacial score (nSPS) is 14.5. The van der Waals surface area contributed by atoms with Crippen LogP contribution in [0.25, 0.3) is 22.5 Å².